The van der Waals surface area contributed by atoms with Gasteiger partial charge in [-0.25, -0.2) is 0 Å². The summed E-state index contributed by atoms with van der Waals surface area (Å²) in [6, 6.07) is 0. The van der Waals surface area contributed by atoms with Gasteiger partial charge in [0.1, 0.15) is 0 Å². The fourth-order valence-electron chi connectivity index (χ4n) is 1.27. The molecule has 1 rings (SSSR count). The number of esters is 1. The predicted molar refractivity (Wildman–Crippen MR) is 44.1 cm³/mol. The van der Waals surface area contributed by atoms with E-state index in [0.29, 0.717) is 13.1 Å². The molecule has 1 aliphatic heterocycles. The van der Waals surface area contributed by atoms with Gasteiger partial charge in [-0.15, -0.1) is 0 Å². The molecule has 0 aromatic rings. The number of carbonyl (C=O) groups excluding carboxylic acids is 1. The van der Waals surface area contributed by atoms with Gasteiger partial charge in [-0.3, -0.25) is 9.59 Å². The number of rotatable bonds is 4. The Morgan fingerprint density at radius 3 is 2.54 bits per heavy atom. The lowest BCUT2D eigenvalue weighted by atomic mass is 9.87. The molecule has 0 aromatic heterocycles. The minimum Gasteiger partial charge on any atom is -0.481 e. The highest BCUT2D eigenvalue weighted by molar-refractivity contribution is 5.94. The number of carboxylic acid groups (broad SMARTS) is 1. The van der Waals surface area contributed by atoms with Gasteiger partial charge < -0.3 is 15.2 Å². The predicted octanol–water partition coefficient (Wildman–Crippen LogP) is -0.530. The van der Waals surface area contributed by atoms with E-state index >= 15 is 0 Å². The fraction of sp³-hybridized carbons (Fsp3) is 0.750. The van der Waals surface area contributed by atoms with E-state index in [1.807, 2.05) is 0 Å². The molecule has 1 atom stereocenters. The minimum absolute atomic E-state index is 0.114. The van der Waals surface area contributed by atoms with Crippen molar-refractivity contribution in [1.29, 1.82) is 0 Å². The summed E-state index contributed by atoms with van der Waals surface area (Å²) in [5.41, 5.74) is 0. The molecular formula is C8H13NO4. The van der Waals surface area contributed by atoms with E-state index in [1.54, 1.807) is 6.92 Å². The summed E-state index contributed by atoms with van der Waals surface area (Å²) in [7, 11) is 0. The van der Waals surface area contributed by atoms with Crippen LogP contribution in [-0.2, 0) is 14.3 Å². The standard InChI is InChI=1S/C8H13NO4/c1-2-13-8(12)6(7(10)11)5-3-9-4-5/h5-6,9H,2-4H2,1H3,(H,10,11). The van der Waals surface area contributed by atoms with E-state index in [4.69, 9.17) is 5.11 Å². The first-order valence-electron chi connectivity index (χ1n) is 4.27. The molecule has 1 saturated heterocycles. The zero-order valence-electron chi connectivity index (χ0n) is 7.45. The van der Waals surface area contributed by atoms with Crippen molar-refractivity contribution < 1.29 is 19.4 Å². The van der Waals surface area contributed by atoms with Gasteiger partial charge in [0.25, 0.3) is 0 Å². The van der Waals surface area contributed by atoms with Crippen molar-refractivity contribution >= 4 is 11.9 Å². The van der Waals surface area contributed by atoms with Crippen LogP contribution in [-0.4, -0.2) is 36.7 Å². The first-order valence-corrected chi connectivity index (χ1v) is 4.27. The Labute approximate surface area is 76.1 Å². The Hall–Kier alpha value is -1.10. The number of hydrogen-bond donors (Lipinski definition) is 2. The van der Waals surface area contributed by atoms with E-state index in [9.17, 15) is 9.59 Å². The average molecular weight is 187 g/mol. The molecule has 2 N–H and O–H groups in total. The Balaban J connectivity index is 2.55. The van der Waals surface area contributed by atoms with Crippen LogP contribution < -0.4 is 5.32 Å². The van der Waals surface area contributed by atoms with Crippen LogP contribution in [0.5, 0.6) is 0 Å². The average Bonchev–Trinajstić information content (AvgIpc) is 1.95. The summed E-state index contributed by atoms with van der Waals surface area (Å²) in [4.78, 5) is 21.9. The van der Waals surface area contributed by atoms with Crippen LogP contribution in [0.1, 0.15) is 6.92 Å². The monoisotopic (exact) mass is 187 g/mol. The van der Waals surface area contributed by atoms with E-state index < -0.39 is 17.9 Å². The molecule has 0 bridgehead atoms. The molecule has 0 aromatic carbocycles. The van der Waals surface area contributed by atoms with Crippen LogP contribution in [0.25, 0.3) is 0 Å². The number of nitrogens with one attached hydrogen (secondary N) is 1. The topological polar surface area (TPSA) is 75.6 Å². The maximum atomic E-state index is 11.2. The Morgan fingerprint density at radius 1 is 1.62 bits per heavy atom. The lowest BCUT2D eigenvalue weighted by molar-refractivity contribution is -0.162. The number of hydrogen-bond acceptors (Lipinski definition) is 4. The van der Waals surface area contributed by atoms with Crippen molar-refractivity contribution in [2.24, 2.45) is 11.8 Å². The van der Waals surface area contributed by atoms with Gasteiger partial charge in [-0.05, 0) is 6.92 Å². The van der Waals surface area contributed by atoms with Gasteiger partial charge in [-0.2, -0.15) is 0 Å². The summed E-state index contributed by atoms with van der Waals surface area (Å²) in [5.74, 6) is -2.83. The Kier molecular flexibility index (Phi) is 3.25. The quantitative estimate of drug-likeness (QED) is 0.457. The lowest BCUT2D eigenvalue weighted by Gasteiger charge is -2.30. The molecule has 0 radical (unpaired) electrons. The van der Waals surface area contributed by atoms with Crippen molar-refractivity contribution in [2.75, 3.05) is 19.7 Å². The van der Waals surface area contributed by atoms with Crippen LogP contribution >= 0.6 is 0 Å². The number of aliphatic carboxylic acids is 1. The van der Waals surface area contributed by atoms with Gasteiger partial charge in [0, 0.05) is 19.0 Å². The third-order valence-electron chi connectivity index (χ3n) is 2.09. The maximum Gasteiger partial charge on any atom is 0.320 e. The number of carbonyl (C=O) groups is 2. The maximum absolute atomic E-state index is 11.2. The Bertz CT molecular complexity index is 212. The summed E-state index contributed by atoms with van der Waals surface area (Å²) in [6.07, 6.45) is 0. The number of carboxylic acids is 1. The molecule has 0 spiro atoms. The van der Waals surface area contributed by atoms with Crippen molar-refractivity contribution in [3.8, 4) is 0 Å². The molecule has 5 heteroatoms. The first kappa shape index (κ1) is 9.98. The van der Waals surface area contributed by atoms with Gasteiger partial charge >= 0.3 is 11.9 Å². The third kappa shape index (κ3) is 2.18. The Morgan fingerprint density at radius 2 is 2.23 bits per heavy atom. The molecule has 5 nitrogen and oxygen atoms in total. The molecule has 13 heavy (non-hydrogen) atoms. The van der Waals surface area contributed by atoms with Crippen LogP contribution in [0, 0.1) is 11.8 Å². The molecule has 1 aliphatic rings. The van der Waals surface area contributed by atoms with Crippen molar-refractivity contribution in [2.45, 2.75) is 6.92 Å². The van der Waals surface area contributed by atoms with E-state index in [2.05, 4.69) is 10.1 Å². The van der Waals surface area contributed by atoms with Crippen LogP contribution in [0.15, 0.2) is 0 Å². The summed E-state index contributed by atoms with van der Waals surface area (Å²) in [5, 5.41) is 11.7. The third-order valence-corrected chi connectivity index (χ3v) is 2.09. The minimum atomic E-state index is -1.09. The largest absolute Gasteiger partial charge is 0.481 e. The highest BCUT2D eigenvalue weighted by Gasteiger charge is 2.39. The van der Waals surface area contributed by atoms with E-state index in [-0.39, 0.29) is 12.5 Å². The second-order valence-electron chi connectivity index (χ2n) is 2.99. The fourth-order valence-corrected chi connectivity index (χ4v) is 1.27. The number of ether oxygens (including phenoxy) is 1. The van der Waals surface area contributed by atoms with Crippen molar-refractivity contribution in [1.82, 2.24) is 5.32 Å². The van der Waals surface area contributed by atoms with Gasteiger partial charge in [0.05, 0.1) is 6.61 Å². The molecule has 0 saturated carbocycles. The van der Waals surface area contributed by atoms with Crippen LogP contribution in [0.2, 0.25) is 0 Å². The molecule has 74 valence electrons. The van der Waals surface area contributed by atoms with E-state index in [0.717, 1.165) is 0 Å². The van der Waals surface area contributed by atoms with E-state index in [1.165, 1.54) is 0 Å². The van der Waals surface area contributed by atoms with Gasteiger partial charge in [-0.1, -0.05) is 0 Å². The molecule has 1 unspecified atom stereocenters. The normalized spacial score (nSPS) is 18.8. The first-order chi connectivity index (χ1) is 6.16. The molecule has 1 heterocycles. The van der Waals surface area contributed by atoms with Gasteiger partial charge in [0.15, 0.2) is 5.92 Å². The molecule has 0 aliphatic carbocycles. The van der Waals surface area contributed by atoms with Crippen LogP contribution in [0.4, 0.5) is 0 Å². The second-order valence-corrected chi connectivity index (χ2v) is 2.99. The van der Waals surface area contributed by atoms with Crippen LogP contribution in [0.3, 0.4) is 0 Å². The highest BCUT2D eigenvalue weighted by Crippen LogP contribution is 2.18. The second kappa shape index (κ2) is 4.23. The highest BCUT2D eigenvalue weighted by atomic mass is 16.5. The molecular weight excluding hydrogens is 174 g/mol. The van der Waals surface area contributed by atoms with Crippen molar-refractivity contribution in [3.05, 3.63) is 0 Å². The summed E-state index contributed by atoms with van der Waals surface area (Å²) in [6.45, 7) is 3.05. The SMILES string of the molecule is CCOC(=O)C(C(=O)O)C1CNC1. The zero-order valence-corrected chi connectivity index (χ0v) is 7.45. The zero-order chi connectivity index (χ0) is 9.84. The molecule has 1 fully saturated rings. The smallest absolute Gasteiger partial charge is 0.320 e. The molecule has 0 amide bonds. The lowest BCUT2D eigenvalue weighted by Crippen LogP contribution is -2.51. The van der Waals surface area contributed by atoms with Gasteiger partial charge in [0.2, 0.25) is 0 Å². The van der Waals surface area contributed by atoms with Crippen molar-refractivity contribution in [3.63, 3.8) is 0 Å². The summed E-state index contributed by atoms with van der Waals surface area (Å²) < 4.78 is 4.67. The summed E-state index contributed by atoms with van der Waals surface area (Å²) >= 11 is 0.